The molecule has 7 heteroatoms. The molecular formula is C23H26N4O3. The normalized spacial score (nSPS) is 18.5. The number of nitrogens with two attached hydrogens (primary N) is 1. The number of fused-ring (bicyclic) bond motifs is 1. The van der Waals surface area contributed by atoms with Crippen molar-refractivity contribution in [2.75, 3.05) is 12.3 Å². The maximum Gasteiger partial charge on any atom is 0.255 e. The zero-order valence-corrected chi connectivity index (χ0v) is 16.8. The Kier molecular flexibility index (Phi) is 5.81. The Morgan fingerprint density at radius 3 is 2.67 bits per heavy atom. The first-order chi connectivity index (χ1) is 14.5. The topological polar surface area (TPSA) is 105 Å². The molecular weight excluding hydrogens is 380 g/mol. The van der Waals surface area contributed by atoms with Crippen molar-refractivity contribution in [2.45, 2.75) is 44.8 Å². The Bertz CT molecular complexity index is 988. The van der Waals surface area contributed by atoms with Crippen LogP contribution in [0.2, 0.25) is 0 Å². The number of nitrogen functional groups attached to an aromatic ring is 1. The number of imide groups is 1. The smallest absolute Gasteiger partial charge is 0.255 e. The van der Waals surface area contributed by atoms with Crippen LogP contribution < -0.4 is 16.4 Å². The highest BCUT2D eigenvalue weighted by molar-refractivity contribution is 6.05. The van der Waals surface area contributed by atoms with Gasteiger partial charge in [-0.3, -0.25) is 19.7 Å². The van der Waals surface area contributed by atoms with E-state index in [2.05, 4.69) is 16.7 Å². The van der Waals surface area contributed by atoms with Crippen LogP contribution in [0.5, 0.6) is 0 Å². The summed E-state index contributed by atoms with van der Waals surface area (Å²) in [5.41, 5.74) is 10.6. The van der Waals surface area contributed by atoms with Gasteiger partial charge in [0.1, 0.15) is 6.04 Å². The third-order valence-corrected chi connectivity index (χ3v) is 5.85. The van der Waals surface area contributed by atoms with E-state index in [0.717, 1.165) is 41.8 Å². The molecule has 0 aliphatic carbocycles. The fourth-order valence-electron chi connectivity index (χ4n) is 4.20. The highest BCUT2D eigenvalue weighted by Gasteiger charge is 2.39. The van der Waals surface area contributed by atoms with Crippen molar-refractivity contribution in [3.05, 3.63) is 64.7 Å². The van der Waals surface area contributed by atoms with Gasteiger partial charge in [0.15, 0.2) is 0 Å². The summed E-state index contributed by atoms with van der Waals surface area (Å²) < 4.78 is 0. The van der Waals surface area contributed by atoms with Gasteiger partial charge in [-0.15, -0.1) is 0 Å². The third-order valence-electron chi connectivity index (χ3n) is 5.85. The van der Waals surface area contributed by atoms with Crippen LogP contribution in [0.25, 0.3) is 0 Å². The average molecular weight is 406 g/mol. The van der Waals surface area contributed by atoms with Gasteiger partial charge in [0.2, 0.25) is 11.8 Å². The lowest BCUT2D eigenvalue weighted by atomic mass is 10.0. The van der Waals surface area contributed by atoms with Crippen molar-refractivity contribution in [3.63, 3.8) is 0 Å². The number of aryl methyl sites for hydroxylation is 1. The van der Waals surface area contributed by atoms with Crippen LogP contribution in [0.4, 0.5) is 5.69 Å². The lowest BCUT2D eigenvalue weighted by Crippen LogP contribution is -2.52. The summed E-state index contributed by atoms with van der Waals surface area (Å²) in [5.74, 6) is -0.796. The SMILES string of the molecule is Nc1ccccc1CCCNCc1cccc2c1CN(C1CCC(=O)NC1=O)C2=O. The van der Waals surface area contributed by atoms with Gasteiger partial charge >= 0.3 is 0 Å². The van der Waals surface area contributed by atoms with Crippen LogP contribution in [0.15, 0.2) is 42.5 Å². The van der Waals surface area contributed by atoms with Gasteiger partial charge in [-0.1, -0.05) is 30.3 Å². The fourth-order valence-corrected chi connectivity index (χ4v) is 4.20. The molecule has 7 nitrogen and oxygen atoms in total. The Morgan fingerprint density at radius 1 is 1.07 bits per heavy atom. The Balaban J connectivity index is 1.35. The number of anilines is 1. The molecule has 2 aromatic carbocycles. The van der Waals surface area contributed by atoms with Crippen LogP contribution in [-0.2, 0) is 29.1 Å². The summed E-state index contributed by atoms with van der Waals surface area (Å²) in [6.07, 6.45) is 2.51. The number of benzene rings is 2. The van der Waals surface area contributed by atoms with Gasteiger partial charge in [-0.05, 0) is 54.6 Å². The lowest BCUT2D eigenvalue weighted by Gasteiger charge is -2.29. The van der Waals surface area contributed by atoms with E-state index in [1.807, 2.05) is 36.4 Å². The number of rotatable bonds is 7. The second-order valence-electron chi connectivity index (χ2n) is 7.82. The van der Waals surface area contributed by atoms with Gasteiger partial charge < -0.3 is 16.0 Å². The van der Waals surface area contributed by atoms with Crippen molar-refractivity contribution in [1.29, 1.82) is 0 Å². The molecule has 3 amide bonds. The molecule has 2 heterocycles. The molecule has 0 saturated carbocycles. The number of carbonyl (C=O) groups excluding carboxylic acids is 3. The molecule has 4 rings (SSSR count). The van der Waals surface area contributed by atoms with Gasteiger partial charge in [-0.25, -0.2) is 0 Å². The second-order valence-corrected chi connectivity index (χ2v) is 7.82. The number of nitrogens with zero attached hydrogens (tertiary/aromatic N) is 1. The number of nitrogens with one attached hydrogen (secondary N) is 2. The van der Waals surface area contributed by atoms with Gasteiger partial charge in [0.05, 0.1) is 0 Å². The van der Waals surface area contributed by atoms with Crippen molar-refractivity contribution in [1.82, 2.24) is 15.5 Å². The minimum atomic E-state index is -0.584. The number of amides is 3. The number of piperidine rings is 1. The Morgan fingerprint density at radius 2 is 1.87 bits per heavy atom. The standard InChI is InChI=1S/C23H26N4O3/c24-19-9-2-1-5-15(19)7-4-12-25-13-16-6-3-8-17-18(16)14-27(23(17)30)20-10-11-21(28)26-22(20)29/h1-3,5-6,8-9,20,25H,4,7,10-14,24H2,(H,26,28,29). The molecule has 1 unspecified atom stereocenters. The van der Waals surface area contributed by atoms with E-state index < -0.39 is 6.04 Å². The lowest BCUT2D eigenvalue weighted by molar-refractivity contribution is -0.136. The van der Waals surface area contributed by atoms with Crippen LogP contribution in [0, 0.1) is 0 Å². The maximum absolute atomic E-state index is 12.9. The summed E-state index contributed by atoms with van der Waals surface area (Å²) >= 11 is 0. The van der Waals surface area contributed by atoms with Crippen LogP contribution in [0.3, 0.4) is 0 Å². The van der Waals surface area contributed by atoms with Crippen molar-refractivity contribution in [2.24, 2.45) is 0 Å². The molecule has 4 N–H and O–H groups in total. The summed E-state index contributed by atoms with van der Waals surface area (Å²) in [5, 5.41) is 5.79. The monoisotopic (exact) mass is 406 g/mol. The number of para-hydroxylation sites is 1. The quantitative estimate of drug-likeness (QED) is 0.369. The molecule has 0 bridgehead atoms. The molecule has 2 aliphatic rings. The molecule has 0 aromatic heterocycles. The Labute approximate surface area is 175 Å². The minimum Gasteiger partial charge on any atom is -0.399 e. The van der Waals surface area contributed by atoms with Crippen molar-refractivity contribution < 1.29 is 14.4 Å². The van der Waals surface area contributed by atoms with E-state index in [-0.39, 0.29) is 24.1 Å². The zero-order valence-electron chi connectivity index (χ0n) is 16.8. The van der Waals surface area contributed by atoms with E-state index in [9.17, 15) is 14.4 Å². The second kappa shape index (κ2) is 8.67. The molecule has 156 valence electrons. The predicted molar refractivity (Wildman–Crippen MR) is 113 cm³/mol. The number of carbonyl (C=O) groups is 3. The third kappa shape index (κ3) is 4.07. The fraction of sp³-hybridized carbons (Fsp3) is 0.348. The molecule has 1 atom stereocenters. The molecule has 1 saturated heterocycles. The summed E-state index contributed by atoms with van der Waals surface area (Å²) in [6.45, 7) is 1.89. The van der Waals surface area contributed by atoms with E-state index >= 15 is 0 Å². The van der Waals surface area contributed by atoms with Gasteiger partial charge in [-0.2, -0.15) is 0 Å². The summed E-state index contributed by atoms with van der Waals surface area (Å²) in [7, 11) is 0. The van der Waals surface area contributed by atoms with Gasteiger partial charge in [0, 0.05) is 30.8 Å². The minimum absolute atomic E-state index is 0.138. The van der Waals surface area contributed by atoms with Gasteiger partial charge in [0.25, 0.3) is 5.91 Å². The number of hydrogen-bond donors (Lipinski definition) is 3. The first kappa shape index (κ1) is 20.1. The number of hydrogen-bond acceptors (Lipinski definition) is 5. The van der Waals surface area contributed by atoms with Crippen molar-refractivity contribution in [3.8, 4) is 0 Å². The highest BCUT2D eigenvalue weighted by atomic mass is 16.2. The molecule has 1 fully saturated rings. The molecule has 30 heavy (non-hydrogen) atoms. The van der Waals surface area contributed by atoms with E-state index in [0.29, 0.717) is 25.1 Å². The summed E-state index contributed by atoms with van der Waals surface area (Å²) in [4.78, 5) is 38.1. The highest BCUT2D eigenvalue weighted by Crippen LogP contribution is 2.29. The first-order valence-electron chi connectivity index (χ1n) is 10.3. The molecule has 2 aliphatic heterocycles. The molecule has 0 spiro atoms. The first-order valence-corrected chi connectivity index (χ1v) is 10.3. The van der Waals surface area contributed by atoms with Crippen LogP contribution in [-0.4, -0.2) is 35.2 Å². The van der Waals surface area contributed by atoms with Crippen molar-refractivity contribution >= 4 is 23.4 Å². The zero-order chi connectivity index (χ0) is 21.1. The predicted octanol–water partition coefficient (Wildman–Crippen LogP) is 1.75. The summed E-state index contributed by atoms with van der Waals surface area (Å²) in [6, 6.07) is 13.0. The van der Waals surface area contributed by atoms with E-state index in [1.165, 1.54) is 0 Å². The Hall–Kier alpha value is -3.19. The molecule has 0 radical (unpaired) electrons. The maximum atomic E-state index is 12.9. The largest absolute Gasteiger partial charge is 0.399 e. The van der Waals surface area contributed by atoms with E-state index in [1.54, 1.807) is 4.90 Å². The van der Waals surface area contributed by atoms with E-state index in [4.69, 9.17) is 5.73 Å². The molecule has 2 aromatic rings. The van der Waals surface area contributed by atoms with Crippen LogP contribution >= 0.6 is 0 Å². The van der Waals surface area contributed by atoms with Crippen LogP contribution in [0.1, 0.15) is 46.3 Å². The average Bonchev–Trinajstić information content (AvgIpc) is 3.06.